The minimum atomic E-state index is -1.29. The third-order valence-electron chi connectivity index (χ3n) is 3.15. The van der Waals surface area contributed by atoms with Crippen molar-refractivity contribution in [3.05, 3.63) is 84.2 Å². The first-order valence-corrected chi connectivity index (χ1v) is 6.15. The maximum atomic E-state index is 11.0. The molecule has 1 aliphatic rings. The molecule has 0 spiro atoms. The second kappa shape index (κ2) is 4.71. The van der Waals surface area contributed by atoms with Gasteiger partial charge in [-0.25, -0.2) is 0 Å². The Morgan fingerprint density at radius 2 is 1.53 bits per heavy atom. The zero-order valence-electron chi connectivity index (χ0n) is 10.3. The van der Waals surface area contributed by atoms with Gasteiger partial charge in [0.15, 0.2) is 0 Å². The molecule has 0 aliphatic carbocycles. The lowest BCUT2D eigenvalue weighted by Crippen LogP contribution is -2.48. The molecule has 0 amide bonds. The van der Waals surface area contributed by atoms with Crippen LogP contribution in [0.4, 0.5) is 0 Å². The van der Waals surface area contributed by atoms with E-state index in [1.165, 1.54) is 0 Å². The Kier molecular flexibility index (Phi) is 2.89. The Labute approximate surface area is 111 Å². The van der Waals surface area contributed by atoms with E-state index < -0.39 is 5.72 Å². The normalized spacial score (nSPS) is 21.6. The van der Waals surface area contributed by atoms with Crippen molar-refractivity contribution in [1.82, 2.24) is 5.32 Å². The van der Waals surface area contributed by atoms with Crippen LogP contribution in [0, 0.1) is 0 Å². The minimum absolute atomic E-state index is 0.599. The minimum Gasteiger partial charge on any atom is -0.362 e. The molecule has 3 heteroatoms. The van der Waals surface area contributed by atoms with E-state index in [0.717, 1.165) is 11.1 Å². The Morgan fingerprint density at radius 1 is 0.895 bits per heavy atom. The van der Waals surface area contributed by atoms with Gasteiger partial charge in [0.25, 0.3) is 0 Å². The van der Waals surface area contributed by atoms with Gasteiger partial charge >= 0.3 is 0 Å². The SMILES string of the molecule is OC1(c2ccccc2)NC=CN=C1c1ccccc1. The number of hydrogen-bond acceptors (Lipinski definition) is 3. The highest BCUT2D eigenvalue weighted by Gasteiger charge is 2.36. The van der Waals surface area contributed by atoms with Gasteiger partial charge in [0, 0.05) is 23.5 Å². The van der Waals surface area contributed by atoms with Crippen molar-refractivity contribution in [2.45, 2.75) is 5.72 Å². The molecular formula is C16H14N2O. The fourth-order valence-electron chi connectivity index (χ4n) is 2.21. The second-order valence-electron chi connectivity index (χ2n) is 4.38. The smallest absolute Gasteiger partial charge is 0.206 e. The molecule has 1 atom stereocenters. The van der Waals surface area contributed by atoms with Gasteiger partial charge in [-0.2, -0.15) is 0 Å². The molecule has 2 N–H and O–H groups in total. The predicted molar refractivity (Wildman–Crippen MR) is 75.6 cm³/mol. The third-order valence-corrected chi connectivity index (χ3v) is 3.15. The first-order valence-electron chi connectivity index (χ1n) is 6.15. The van der Waals surface area contributed by atoms with E-state index in [1.54, 1.807) is 12.4 Å². The predicted octanol–water partition coefficient (Wildman–Crippen LogP) is 2.40. The van der Waals surface area contributed by atoms with E-state index in [1.807, 2.05) is 60.7 Å². The lowest BCUT2D eigenvalue weighted by Gasteiger charge is -2.32. The average Bonchev–Trinajstić information content (AvgIpc) is 2.49. The van der Waals surface area contributed by atoms with E-state index in [4.69, 9.17) is 0 Å². The number of nitrogens with one attached hydrogen (secondary N) is 1. The standard InChI is InChI=1S/C16H14N2O/c19-16(14-9-5-2-6-10-14)15(17-11-12-18-16)13-7-3-1-4-8-13/h1-12,18-19H. The number of hydrogen-bond donors (Lipinski definition) is 2. The van der Waals surface area contributed by atoms with Gasteiger partial charge in [-0.3, -0.25) is 4.99 Å². The van der Waals surface area contributed by atoms with Crippen molar-refractivity contribution in [1.29, 1.82) is 0 Å². The molecule has 19 heavy (non-hydrogen) atoms. The molecule has 0 saturated heterocycles. The lowest BCUT2D eigenvalue weighted by atomic mass is 9.92. The van der Waals surface area contributed by atoms with Crippen LogP contribution in [0.25, 0.3) is 0 Å². The second-order valence-corrected chi connectivity index (χ2v) is 4.38. The maximum Gasteiger partial charge on any atom is 0.206 e. The van der Waals surface area contributed by atoms with Crippen LogP contribution in [0.15, 0.2) is 78.1 Å². The van der Waals surface area contributed by atoms with Crippen LogP contribution in [0.5, 0.6) is 0 Å². The maximum absolute atomic E-state index is 11.0. The largest absolute Gasteiger partial charge is 0.362 e. The fourth-order valence-corrected chi connectivity index (χ4v) is 2.21. The summed E-state index contributed by atoms with van der Waals surface area (Å²) in [4.78, 5) is 4.35. The third kappa shape index (κ3) is 2.04. The van der Waals surface area contributed by atoms with Crippen LogP contribution in [0.3, 0.4) is 0 Å². The highest BCUT2D eigenvalue weighted by atomic mass is 16.3. The van der Waals surface area contributed by atoms with E-state index >= 15 is 0 Å². The molecule has 0 bridgehead atoms. The van der Waals surface area contributed by atoms with Gasteiger partial charge in [-0.15, -0.1) is 0 Å². The van der Waals surface area contributed by atoms with Gasteiger partial charge in [-0.05, 0) is 0 Å². The molecule has 0 aromatic heterocycles. The first-order chi connectivity index (χ1) is 9.31. The molecule has 0 fully saturated rings. The summed E-state index contributed by atoms with van der Waals surface area (Å²) >= 11 is 0. The Hall–Kier alpha value is -2.39. The summed E-state index contributed by atoms with van der Waals surface area (Å²) < 4.78 is 0. The molecular weight excluding hydrogens is 236 g/mol. The molecule has 0 saturated carbocycles. The van der Waals surface area contributed by atoms with Gasteiger partial charge in [-0.1, -0.05) is 60.7 Å². The van der Waals surface area contributed by atoms with Crippen molar-refractivity contribution in [2.75, 3.05) is 0 Å². The van der Waals surface area contributed by atoms with Crippen molar-refractivity contribution >= 4 is 5.71 Å². The summed E-state index contributed by atoms with van der Waals surface area (Å²) in [5, 5.41) is 14.0. The number of aliphatic hydroxyl groups is 1. The summed E-state index contributed by atoms with van der Waals surface area (Å²) in [5.74, 6) is 0. The Morgan fingerprint density at radius 3 is 2.21 bits per heavy atom. The van der Waals surface area contributed by atoms with Gasteiger partial charge in [0.2, 0.25) is 5.72 Å². The number of nitrogens with zero attached hydrogens (tertiary/aromatic N) is 1. The van der Waals surface area contributed by atoms with E-state index in [9.17, 15) is 5.11 Å². The topological polar surface area (TPSA) is 44.6 Å². The van der Waals surface area contributed by atoms with E-state index in [0.29, 0.717) is 5.71 Å². The lowest BCUT2D eigenvalue weighted by molar-refractivity contribution is 0.0874. The molecule has 3 rings (SSSR count). The Bertz CT molecular complexity index is 620. The summed E-state index contributed by atoms with van der Waals surface area (Å²) in [5.41, 5.74) is 0.964. The summed E-state index contributed by atoms with van der Waals surface area (Å²) in [6.45, 7) is 0. The summed E-state index contributed by atoms with van der Waals surface area (Å²) in [6, 6.07) is 19.2. The number of benzene rings is 2. The van der Waals surface area contributed by atoms with E-state index in [-0.39, 0.29) is 0 Å². The molecule has 2 aromatic carbocycles. The highest BCUT2D eigenvalue weighted by molar-refractivity contribution is 6.07. The zero-order chi connectivity index (χ0) is 13.1. The van der Waals surface area contributed by atoms with Crippen molar-refractivity contribution in [3.63, 3.8) is 0 Å². The first kappa shape index (κ1) is 11.7. The van der Waals surface area contributed by atoms with Crippen LogP contribution in [0.2, 0.25) is 0 Å². The van der Waals surface area contributed by atoms with Crippen LogP contribution >= 0.6 is 0 Å². The number of rotatable bonds is 2. The van der Waals surface area contributed by atoms with Crippen molar-refractivity contribution in [2.24, 2.45) is 4.99 Å². The van der Waals surface area contributed by atoms with Crippen LogP contribution < -0.4 is 5.32 Å². The molecule has 3 nitrogen and oxygen atoms in total. The van der Waals surface area contributed by atoms with Crippen LogP contribution in [-0.2, 0) is 5.72 Å². The van der Waals surface area contributed by atoms with Gasteiger partial charge in [0.05, 0.1) is 0 Å². The molecule has 2 aromatic rings. The van der Waals surface area contributed by atoms with E-state index in [2.05, 4.69) is 10.3 Å². The zero-order valence-corrected chi connectivity index (χ0v) is 10.3. The molecule has 1 aliphatic heterocycles. The van der Waals surface area contributed by atoms with Crippen molar-refractivity contribution < 1.29 is 5.11 Å². The quantitative estimate of drug-likeness (QED) is 0.859. The molecule has 1 unspecified atom stereocenters. The number of aliphatic imine (C=N–C) groups is 1. The summed E-state index contributed by atoms with van der Waals surface area (Å²) in [6.07, 6.45) is 3.30. The molecule has 94 valence electrons. The molecule has 0 radical (unpaired) electrons. The van der Waals surface area contributed by atoms with Crippen LogP contribution in [-0.4, -0.2) is 10.8 Å². The van der Waals surface area contributed by atoms with Crippen LogP contribution in [0.1, 0.15) is 11.1 Å². The summed E-state index contributed by atoms with van der Waals surface area (Å²) in [7, 11) is 0. The fraction of sp³-hybridized carbons (Fsp3) is 0.0625. The van der Waals surface area contributed by atoms with Crippen molar-refractivity contribution in [3.8, 4) is 0 Å². The average molecular weight is 250 g/mol. The Balaban J connectivity index is 2.11. The van der Waals surface area contributed by atoms with Gasteiger partial charge in [0.1, 0.15) is 5.71 Å². The monoisotopic (exact) mass is 250 g/mol. The van der Waals surface area contributed by atoms with Gasteiger partial charge < -0.3 is 10.4 Å². The molecule has 1 heterocycles. The highest BCUT2D eigenvalue weighted by Crippen LogP contribution is 2.26.